The lowest BCUT2D eigenvalue weighted by Crippen LogP contribution is -2.39. The smallest absolute Gasteiger partial charge is 0.320 e. The third-order valence-electron chi connectivity index (χ3n) is 5.11. The Kier molecular flexibility index (Phi) is 4.97. The number of hydrogen-bond donors (Lipinski definition) is 1. The Bertz CT molecular complexity index is 871. The second-order valence-corrected chi connectivity index (χ2v) is 7.55. The van der Waals surface area contributed by atoms with Gasteiger partial charge in [0.05, 0.1) is 13.2 Å². The van der Waals surface area contributed by atoms with Gasteiger partial charge in [0.25, 0.3) is 0 Å². The molecule has 1 fully saturated rings. The predicted octanol–water partition coefficient (Wildman–Crippen LogP) is 3.82. The number of halogens is 1. The first-order chi connectivity index (χ1) is 13.1. The summed E-state index contributed by atoms with van der Waals surface area (Å²) in [5.74, 6) is 1.30. The number of ether oxygens (including phenoxy) is 3. The standard InChI is InChI=1S/C20H20BrNO5/c1-25-16-7-5-13(21)10-14(16)19(22-8-2-3-15(22)20(23)24)12-4-6-17-18(9-12)27-11-26-17/h4-7,9-10,15,19H,2-3,8,11H2,1H3,(H,23,24). The first-order valence-electron chi connectivity index (χ1n) is 8.80. The fourth-order valence-electron chi connectivity index (χ4n) is 3.92. The summed E-state index contributed by atoms with van der Waals surface area (Å²) in [5.41, 5.74) is 1.86. The molecule has 0 aliphatic carbocycles. The lowest BCUT2D eigenvalue weighted by molar-refractivity contribution is -0.142. The third kappa shape index (κ3) is 3.37. The third-order valence-corrected chi connectivity index (χ3v) is 5.60. The second-order valence-electron chi connectivity index (χ2n) is 6.64. The molecule has 27 heavy (non-hydrogen) atoms. The lowest BCUT2D eigenvalue weighted by atomic mass is 9.95. The van der Waals surface area contributed by atoms with E-state index in [1.807, 2.05) is 41.3 Å². The molecule has 2 heterocycles. The summed E-state index contributed by atoms with van der Waals surface area (Å²) in [7, 11) is 1.63. The van der Waals surface area contributed by atoms with Crippen molar-refractivity contribution in [3.8, 4) is 17.2 Å². The molecule has 1 N–H and O–H groups in total. The number of likely N-dealkylation sites (tertiary alicyclic amines) is 1. The molecule has 2 unspecified atom stereocenters. The van der Waals surface area contributed by atoms with Crippen molar-refractivity contribution in [3.63, 3.8) is 0 Å². The van der Waals surface area contributed by atoms with Crippen LogP contribution in [0.15, 0.2) is 40.9 Å². The fraction of sp³-hybridized carbons (Fsp3) is 0.350. The monoisotopic (exact) mass is 433 g/mol. The number of rotatable bonds is 5. The summed E-state index contributed by atoms with van der Waals surface area (Å²) in [6.45, 7) is 0.900. The number of hydrogen-bond acceptors (Lipinski definition) is 5. The summed E-state index contributed by atoms with van der Waals surface area (Å²) in [6, 6.07) is 10.8. The summed E-state index contributed by atoms with van der Waals surface area (Å²) in [6.07, 6.45) is 1.47. The first kappa shape index (κ1) is 18.1. The minimum absolute atomic E-state index is 0.200. The van der Waals surface area contributed by atoms with Crippen LogP contribution >= 0.6 is 15.9 Å². The predicted molar refractivity (Wildman–Crippen MR) is 102 cm³/mol. The summed E-state index contributed by atoms with van der Waals surface area (Å²) < 4.78 is 17.5. The van der Waals surface area contributed by atoms with E-state index in [0.29, 0.717) is 24.5 Å². The highest BCUT2D eigenvalue weighted by Crippen LogP contribution is 2.43. The molecule has 0 aromatic heterocycles. The van der Waals surface area contributed by atoms with Crippen LogP contribution in [-0.2, 0) is 4.79 Å². The van der Waals surface area contributed by atoms with Crippen LogP contribution in [-0.4, -0.2) is 42.5 Å². The van der Waals surface area contributed by atoms with Crippen molar-refractivity contribution in [2.75, 3.05) is 20.4 Å². The minimum Gasteiger partial charge on any atom is -0.496 e. The van der Waals surface area contributed by atoms with Crippen molar-refractivity contribution in [1.29, 1.82) is 0 Å². The maximum Gasteiger partial charge on any atom is 0.320 e. The molecule has 0 saturated carbocycles. The van der Waals surface area contributed by atoms with E-state index in [4.69, 9.17) is 14.2 Å². The van der Waals surface area contributed by atoms with Gasteiger partial charge in [-0.1, -0.05) is 22.0 Å². The van der Waals surface area contributed by atoms with Crippen LogP contribution in [0.5, 0.6) is 17.2 Å². The van der Waals surface area contributed by atoms with Crippen molar-refractivity contribution in [2.45, 2.75) is 24.9 Å². The van der Waals surface area contributed by atoms with Crippen molar-refractivity contribution < 1.29 is 24.1 Å². The van der Waals surface area contributed by atoms with Gasteiger partial charge in [0.15, 0.2) is 11.5 Å². The average molecular weight is 434 g/mol. The number of fused-ring (bicyclic) bond motifs is 1. The zero-order valence-electron chi connectivity index (χ0n) is 14.9. The van der Waals surface area contributed by atoms with Crippen LogP contribution in [0.25, 0.3) is 0 Å². The first-order valence-corrected chi connectivity index (χ1v) is 9.59. The van der Waals surface area contributed by atoms with E-state index in [0.717, 1.165) is 27.8 Å². The largest absolute Gasteiger partial charge is 0.496 e. The van der Waals surface area contributed by atoms with Crippen molar-refractivity contribution in [3.05, 3.63) is 52.0 Å². The van der Waals surface area contributed by atoms with Crippen LogP contribution in [0, 0.1) is 0 Å². The lowest BCUT2D eigenvalue weighted by Gasteiger charge is -2.33. The minimum atomic E-state index is -0.799. The second kappa shape index (κ2) is 7.40. The van der Waals surface area contributed by atoms with E-state index in [9.17, 15) is 9.90 Å². The van der Waals surface area contributed by atoms with Gasteiger partial charge >= 0.3 is 5.97 Å². The summed E-state index contributed by atoms with van der Waals surface area (Å²) in [5, 5.41) is 9.74. The molecule has 2 atom stereocenters. The molecule has 2 aromatic rings. The van der Waals surface area contributed by atoms with Crippen LogP contribution in [0.3, 0.4) is 0 Å². The zero-order chi connectivity index (χ0) is 19.0. The zero-order valence-corrected chi connectivity index (χ0v) is 16.4. The van der Waals surface area contributed by atoms with Gasteiger partial charge in [-0.05, 0) is 48.7 Å². The van der Waals surface area contributed by atoms with Gasteiger partial charge in [-0.2, -0.15) is 0 Å². The topological polar surface area (TPSA) is 68.2 Å². The van der Waals surface area contributed by atoms with E-state index >= 15 is 0 Å². The normalized spacial score (nSPS) is 19.9. The summed E-state index contributed by atoms with van der Waals surface area (Å²) >= 11 is 3.53. The highest BCUT2D eigenvalue weighted by atomic mass is 79.9. The number of nitrogens with zero attached hydrogens (tertiary/aromatic N) is 1. The van der Waals surface area contributed by atoms with Crippen molar-refractivity contribution >= 4 is 21.9 Å². The molecule has 0 amide bonds. The van der Waals surface area contributed by atoms with E-state index in [-0.39, 0.29) is 12.8 Å². The maximum absolute atomic E-state index is 11.9. The van der Waals surface area contributed by atoms with Crippen LogP contribution in [0.1, 0.15) is 30.0 Å². The summed E-state index contributed by atoms with van der Waals surface area (Å²) in [4.78, 5) is 13.9. The van der Waals surface area contributed by atoms with Crippen LogP contribution < -0.4 is 14.2 Å². The van der Waals surface area contributed by atoms with E-state index in [2.05, 4.69) is 15.9 Å². The molecule has 142 valence electrons. The number of methoxy groups -OCH3 is 1. The quantitative estimate of drug-likeness (QED) is 0.772. The van der Waals surface area contributed by atoms with Gasteiger partial charge in [-0.3, -0.25) is 9.69 Å². The molecule has 6 nitrogen and oxygen atoms in total. The highest BCUT2D eigenvalue weighted by molar-refractivity contribution is 9.10. The molecule has 2 aromatic carbocycles. The molecule has 2 aliphatic rings. The Morgan fingerprint density at radius 2 is 2.07 bits per heavy atom. The molecular weight excluding hydrogens is 414 g/mol. The van der Waals surface area contributed by atoms with Gasteiger partial charge in [0, 0.05) is 16.6 Å². The number of benzene rings is 2. The number of carbonyl (C=O) groups is 1. The van der Waals surface area contributed by atoms with E-state index < -0.39 is 12.0 Å². The Labute approximate surface area is 165 Å². The molecular formula is C20H20BrNO5. The molecule has 1 saturated heterocycles. The van der Waals surface area contributed by atoms with E-state index in [1.54, 1.807) is 7.11 Å². The Morgan fingerprint density at radius 3 is 2.85 bits per heavy atom. The number of carboxylic acid groups (broad SMARTS) is 1. The fourth-order valence-corrected chi connectivity index (χ4v) is 4.29. The van der Waals surface area contributed by atoms with Crippen LogP contribution in [0.4, 0.5) is 0 Å². The number of aliphatic carboxylic acids is 1. The maximum atomic E-state index is 11.9. The van der Waals surface area contributed by atoms with Gasteiger partial charge in [0.1, 0.15) is 11.8 Å². The Morgan fingerprint density at radius 1 is 1.26 bits per heavy atom. The van der Waals surface area contributed by atoms with Crippen molar-refractivity contribution in [1.82, 2.24) is 4.90 Å². The van der Waals surface area contributed by atoms with Crippen molar-refractivity contribution in [2.24, 2.45) is 0 Å². The highest BCUT2D eigenvalue weighted by Gasteiger charge is 2.38. The molecule has 0 spiro atoms. The van der Waals surface area contributed by atoms with Gasteiger partial charge < -0.3 is 19.3 Å². The molecule has 7 heteroatoms. The van der Waals surface area contributed by atoms with Gasteiger partial charge in [0.2, 0.25) is 6.79 Å². The molecule has 2 aliphatic heterocycles. The van der Waals surface area contributed by atoms with Gasteiger partial charge in [-0.25, -0.2) is 0 Å². The Hall–Kier alpha value is -2.25. The molecule has 0 radical (unpaired) electrons. The SMILES string of the molecule is COc1ccc(Br)cc1C(c1ccc2c(c1)OCO2)N1CCCC1C(=O)O. The van der Waals surface area contributed by atoms with E-state index in [1.165, 1.54) is 0 Å². The molecule has 0 bridgehead atoms. The number of carboxylic acids is 1. The van der Waals surface area contributed by atoms with Crippen LogP contribution in [0.2, 0.25) is 0 Å². The van der Waals surface area contributed by atoms with Gasteiger partial charge in [-0.15, -0.1) is 0 Å². The molecule has 4 rings (SSSR count). The average Bonchev–Trinajstić information content (AvgIpc) is 3.31. The Balaban J connectivity index is 1.85.